The minimum atomic E-state index is -3.12. The number of methoxy groups -OCH3 is 1. The summed E-state index contributed by atoms with van der Waals surface area (Å²) < 4.78 is 29.1. The molecule has 6 nitrogen and oxygen atoms in total. The predicted molar refractivity (Wildman–Crippen MR) is 106 cm³/mol. The molecule has 0 aromatic heterocycles. The van der Waals surface area contributed by atoms with Crippen LogP contribution in [0.4, 0.5) is 10.5 Å². The molecule has 2 amide bonds. The third-order valence-electron chi connectivity index (χ3n) is 4.49. The molecule has 0 radical (unpaired) electrons. The van der Waals surface area contributed by atoms with Crippen LogP contribution in [0.2, 0.25) is 5.02 Å². The van der Waals surface area contributed by atoms with E-state index in [0.29, 0.717) is 22.9 Å². The van der Waals surface area contributed by atoms with Crippen LogP contribution in [0.15, 0.2) is 48.5 Å². The second-order valence-corrected chi connectivity index (χ2v) is 9.14. The van der Waals surface area contributed by atoms with Crippen LogP contribution in [0.1, 0.15) is 12.0 Å². The number of urea groups is 1. The zero-order valence-electron chi connectivity index (χ0n) is 14.9. The van der Waals surface area contributed by atoms with E-state index in [0.717, 1.165) is 5.56 Å². The van der Waals surface area contributed by atoms with Crippen molar-refractivity contribution in [1.29, 1.82) is 0 Å². The zero-order valence-corrected chi connectivity index (χ0v) is 16.5. The number of hydrogen-bond donors (Lipinski definition) is 1. The van der Waals surface area contributed by atoms with Crippen molar-refractivity contribution in [3.05, 3.63) is 59.1 Å². The van der Waals surface area contributed by atoms with Gasteiger partial charge in [0.05, 0.1) is 18.6 Å². The summed E-state index contributed by atoms with van der Waals surface area (Å²) >= 11 is 5.88. The van der Waals surface area contributed by atoms with Gasteiger partial charge >= 0.3 is 6.03 Å². The monoisotopic (exact) mass is 408 g/mol. The molecule has 144 valence electrons. The van der Waals surface area contributed by atoms with Gasteiger partial charge < -0.3 is 15.0 Å². The van der Waals surface area contributed by atoms with Gasteiger partial charge in [0.2, 0.25) is 0 Å². The van der Waals surface area contributed by atoms with Gasteiger partial charge in [0.1, 0.15) is 5.75 Å². The lowest BCUT2D eigenvalue weighted by Crippen LogP contribution is -2.43. The summed E-state index contributed by atoms with van der Waals surface area (Å²) in [5, 5.41) is 3.40. The summed E-state index contributed by atoms with van der Waals surface area (Å²) in [6.45, 7) is 0.289. The Hall–Kier alpha value is -2.25. The molecule has 1 atom stereocenters. The first-order valence-electron chi connectivity index (χ1n) is 8.53. The number of benzene rings is 2. The molecular weight excluding hydrogens is 388 g/mol. The molecule has 1 aliphatic heterocycles. The molecule has 0 spiro atoms. The number of nitrogens with one attached hydrogen (secondary N) is 1. The second kappa shape index (κ2) is 8.19. The van der Waals surface area contributed by atoms with Gasteiger partial charge in [-0.15, -0.1) is 0 Å². The van der Waals surface area contributed by atoms with Gasteiger partial charge in [0.25, 0.3) is 0 Å². The largest absolute Gasteiger partial charge is 0.497 e. The van der Waals surface area contributed by atoms with Crippen LogP contribution < -0.4 is 10.1 Å². The van der Waals surface area contributed by atoms with E-state index < -0.39 is 9.84 Å². The van der Waals surface area contributed by atoms with Crippen molar-refractivity contribution < 1.29 is 17.9 Å². The van der Waals surface area contributed by atoms with E-state index in [1.54, 1.807) is 36.3 Å². The number of halogens is 1. The molecule has 1 fully saturated rings. The number of nitrogens with zero attached hydrogens (tertiary/aromatic N) is 1. The minimum Gasteiger partial charge on any atom is -0.497 e. The number of rotatable bonds is 5. The lowest BCUT2D eigenvalue weighted by atomic mass is 10.1. The summed E-state index contributed by atoms with van der Waals surface area (Å²) in [7, 11) is -1.54. The summed E-state index contributed by atoms with van der Waals surface area (Å²) in [5.74, 6) is 0.760. The first kappa shape index (κ1) is 19.5. The molecule has 27 heavy (non-hydrogen) atoms. The number of sulfone groups is 1. The van der Waals surface area contributed by atoms with Gasteiger partial charge in [-0.1, -0.05) is 23.7 Å². The van der Waals surface area contributed by atoms with E-state index in [-0.39, 0.29) is 30.1 Å². The highest BCUT2D eigenvalue weighted by atomic mass is 35.5. The molecule has 0 saturated carbocycles. The van der Waals surface area contributed by atoms with Crippen molar-refractivity contribution in [2.45, 2.75) is 19.0 Å². The standard InChI is InChI=1S/C19H21ClN2O4S/c1-26-18-4-2-3-14(11-18)12-22(17-9-10-27(24,25)13-17)19(23)21-16-7-5-15(20)6-8-16/h2-8,11,17H,9-10,12-13H2,1H3,(H,21,23). The van der Waals surface area contributed by atoms with Crippen molar-refractivity contribution in [3.8, 4) is 5.75 Å². The molecule has 1 N–H and O–H groups in total. The Morgan fingerprint density at radius 3 is 2.63 bits per heavy atom. The van der Waals surface area contributed by atoms with Crippen LogP contribution in [0.25, 0.3) is 0 Å². The number of amides is 2. The third kappa shape index (κ3) is 5.14. The molecule has 2 aromatic carbocycles. The minimum absolute atomic E-state index is 0.0228. The second-order valence-electron chi connectivity index (χ2n) is 6.47. The topological polar surface area (TPSA) is 75.7 Å². The van der Waals surface area contributed by atoms with Crippen LogP contribution in [0.3, 0.4) is 0 Å². The fraction of sp³-hybridized carbons (Fsp3) is 0.316. The highest BCUT2D eigenvalue weighted by molar-refractivity contribution is 7.91. The summed E-state index contributed by atoms with van der Waals surface area (Å²) in [6.07, 6.45) is 0.431. The number of carbonyl (C=O) groups excluding carboxylic acids is 1. The van der Waals surface area contributed by atoms with Gasteiger partial charge in [-0.3, -0.25) is 0 Å². The summed E-state index contributed by atoms with van der Waals surface area (Å²) in [5.41, 5.74) is 1.46. The molecular formula is C19H21ClN2O4S. The van der Waals surface area contributed by atoms with E-state index in [9.17, 15) is 13.2 Å². The number of ether oxygens (including phenoxy) is 1. The fourth-order valence-electron chi connectivity index (χ4n) is 3.08. The van der Waals surface area contributed by atoms with Crippen LogP contribution >= 0.6 is 11.6 Å². The molecule has 2 aromatic rings. The van der Waals surface area contributed by atoms with E-state index in [4.69, 9.17) is 16.3 Å². The van der Waals surface area contributed by atoms with Crippen molar-refractivity contribution in [3.63, 3.8) is 0 Å². The van der Waals surface area contributed by atoms with E-state index in [1.807, 2.05) is 24.3 Å². The number of carbonyl (C=O) groups is 1. The Kier molecular flexibility index (Phi) is 5.92. The summed E-state index contributed by atoms with van der Waals surface area (Å²) in [6, 6.07) is 13.4. The lowest BCUT2D eigenvalue weighted by Gasteiger charge is -2.28. The van der Waals surface area contributed by atoms with E-state index in [2.05, 4.69) is 5.32 Å². The molecule has 0 aliphatic carbocycles. The molecule has 1 aliphatic rings. The SMILES string of the molecule is COc1cccc(CN(C(=O)Nc2ccc(Cl)cc2)C2CCS(=O)(=O)C2)c1. The van der Waals surface area contributed by atoms with Gasteiger partial charge in [0.15, 0.2) is 9.84 Å². The maximum atomic E-state index is 12.9. The Bertz CT molecular complexity index is 916. The Balaban J connectivity index is 1.82. The summed E-state index contributed by atoms with van der Waals surface area (Å²) in [4.78, 5) is 14.5. The first-order chi connectivity index (χ1) is 12.9. The fourth-order valence-corrected chi connectivity index (χ4v) is 4.94. The average Bonchev–Trinajstić information content (AvgIpc) is 3.01. The van der Waals surface area contributed by atoms with Gasteiger partial charge in [0, 0.05) is 23.3 Å². The van der Waals surface area contributed by atoms with Crippen LogP contribution in [0, 0.1) is 0 Å². The molecule has 1 saturated heterocycles. The molecule has 8 heteroatoms. The lowest BCUT2D eigenvalue weighted by molar-refractivity contribution is 0.190. The van der Waals surface area contributed by atoms with E-state index >= 15 is 0 Å². The molecule has 3 rings (SSSR count). The normalized spacial score (nSPS) is 18.1. The number of anilines is 1. The van der Waals surface area contributed by atoms with Gasteiger partial charge in [-0.25, -0.2) is 13.2 Å². The van der Waals surface area contributed by atoms with Crippen LogP contribution in [-0.2, 0) is 16.4 Å². The van der Waals surface area contributed by atoms with Crippen molar-refractivity contribution >= 4 is 33.2 Å². The van der Waals surface area contributed by atoms with Crippen LogP contribution in [0.5, 0.6) is 5.75 Å². The Labute approximate surface area is 164 Å². The van der Waals surface area contributed by atoms with Gasteiger partial charge in [-0.05, 0) is 48.4 Å². The third-order valence-corrected chi connectivity index (χ3v) is 6.49. The average molecular weight is 409 g/mol. The Morgan fingerprint density at radius 2 is 2.00 bits per heavy atom. The van der Waals surface area contributed by atoms with Crippen molar-refractivity contribution in [2.24, 2.45) is 0 Å². The predicted octanol–water partition coefficient (Wildman–Crippen LogP) is 3.57. The van der Waals surface area contributed by atoms with E-state index in [1.165, 1.54) is 0 Å². The van der Waals surface area contributed by atoms with Crippen molar-refractivity contribution in [1.82, 2.24) is 4.90 Å². The quantitative estimate of drug-likeness (QED) is 0.820. The smallest absolute Gasteiger partial charge is 0.322 e. The number of hydrogen-bond acceptors (Lipinski definition) is 4. The molecule has 1 unspecified atom stereocenters. The Morgan fingerprint density at radius 1 is 1.26 bits per heavy atom. The molecule has 0 bridgehead atoms. The maximum Gasteiger partial charge on any atom is 0.322 e. The first-order valence-corrected chi connectivity index (χ1v) is 10.7. The highest BCUT2D eigenvalue weighted by Gasteiger charge is 2.34. The van der Waals surface area contributed by atoms with Crippen LogP contribution in [-0.4, -0.2) is 44.0 Å². The maximum absolute atomic E-state index is 12.9. The zero-order chi connectivity index (χ0) is 19.4. The highest BCUT2D eigenvalue weighted by Crippen LogP contribution is 2.23. The van der Waals surface area contributed by atoms with Crippen molar-refractivity contribution in [2.75, 3.05) is 23.9 Å². The molecule has 1 heterocycles. The van der Waals surface area contributed by atoms with Gasteiger partial charge in [-0.2, -0.15) is 0 Å².